The van der Waals surface area contributed by atoms with Crippen molar-refractivity contribution in [2.24, 2.45) is 5.10 Å². The van der Waals surface area contributed by atoms with Crippen molar-refractivity contribution in [2.75, 3.05) is 31.7 Å². The number of hydrazone groups is 1. The first-order valence-corrected chi connectivity index (χ1v) is 14.0. The SMILES string of the molecule is O=c1c2ccccc2c(C=NNc2ccc(S(=O)(=O)N3CCOCC3)cc2[N+](=O)[O-])c(O)n1-c1cccc(C(F)(F)F)c1. The zero-order valence-electron chi connectivity index (χ0n) is 22.0. The van der Waals surface area contributed by atoms with E-state index >= 15 is 0 Å². The molecule has 16 heteroatoms. The van der Waals surface area contributed by atoms with Gasteiger partial charge in [0.25, 0.3) is 11.2 Å². The van der Waals surface area contributed by atoms with Crippen LogP contribution in [0, 0.1) is 10.1 Å². The minimum absolute atomic E-state index is 0.0582. The number of nitrogens with zero attached hydrogens (tertiary/aromatic N) is 4. The molecule has 0 saturated carbocycles. The molecule has 0 spiro atoms. The van der Waals surface area contributed by atoms with Crippen molar-refractivity contribution < 1.29 is 36.4 Å². The Morgan fingerprint density at radius 2 is 1.72 bits per heavy atom. The highest BCUT2D eigenvalue weighted by molar-refractivity contribution is 7.89. The molecule has 224 valence electrons. The van der Waals surface area contributed by atoms with Gasteiger partial charge < -0.3 is 9.84 Å². The van der Waals surface area contributed by atoms with Gasteiger partial charge in [0.05, 0.1) is 46.1 Å². The number of pyridine rings is 1. The summed E-state index contributed by atoms with van der Waals surface area (Å²) in [4.78, 5) is 23.9. The van der Waals surface area contributed by atoms with E-state index in [-0.39, 0.29) is 58.9 Å². The van der Waals surface area contributed by atoms with Crippen molar-refractivity contribution in [2.45, 2.75) is 11.1 Å². The molecular weight excluding hydrogens is 595 g/mol. The van der Waals surface area contributed by atoms with Crippen molar-refractivity contribution in [1.82, 2.24) is 8.87 Å². The summed E-state index contributed by atoms with van der Waals surface area (Å²) >= 11 is 0. The number of hydrogen-bond acceptors (Lipinski definition) is 9. The predicted octanol–water partition coefficient (Wildman–Crippen LogP) is 4.09. The number of anilines is 1. The molecule has 0 aliphatic carbocycles. The molecule has 4 aromatic rings. The Kier molecular flexibility index (Phi) is 7.92. The largest absolute Gasteiger partial charge is 0.494 e. The first-order valence-electron chi connectivity index (χ1n) is 12.6. The molecule has 43 heavy (non-hydrogen) atoms. The van der Waals surface area contributed by atoms with Gasteiger partial charge in [0, 0.05) is 29.9 Å². The molecule has 0 unspecified atom stereocenters. The van der Waals surface area contributed by atoms with Crippen molar-refractivity contribution in [3.8, 4) is 11.6 Å². The van der Waals surface area contributed by atoms with Crippen LogP contribution in [0.3, 0.4) is 0 Å². The van der Waals surface area contributed by atoms with Crippen LogP contribution in [0.4, 0.5) is 24.5 Å². The lowest BCUT2D eigenvalue weighted by atomic mass is 10.1. The van der Waals surface area contributed by atoms with E-state index in [0.29, 0.717) is 10.6 Å². The number of fused-ring (bicyclic) bond motifs is 1. The number of sulfonamides is 1. The van der Waals surface area contributed by atoms with E-state index in [0.717, 1.165) is 34.8 Å². The van der Waals surface area contributed by atoms with Gasteiger partial charge in [0.15, 0.2) is 0 Å². The Labute approximate surface area is 241 Å². The Morgan fingerprint density at radius 3 is 2.40 bits per heavy atom. The monoisotopic (exact) mass is 617 g/mol. The summed E-state index contributed by atoms with van der Waals surface area (Å²) in [5.41, 5.74) is -0.485. The molecule has 1 saturated heterocycles. The first-order chi connectivity index (χ1) is 20.4. The normalized spacial score (nSPS) is 14.8. The summed E-state index contributed by atoms with van der Waals surface area (Å²) in [6.07, 6.45) is -3.66. The van der Waals surface area contributed by atoms with Crippen molar-refractivity contribution in [3.05, 3.63) is 98.3 Å². The number of nitro benzene ring substituents is 1. The number of aromatic nitrogens is 1. The minimum Gasteiger partial charge on any atom is -0.494 e. The molecular formula is C27H22F3N5O7S. The molecule has 0 radical (unpaired) electrons. The summed E-state index contributed by atoms with van der Waals surface area (Å²) in [5.74, 6) is -0.727. The number of alkyl halides is 3. The second-order valence-electron chi connectivity index (χ2n) is 9.29. The number of rotatable bonds is 7. The fourth-order valence-corrected chi connectivity index (χ4v) is 6.00. The van der Waals surface area contributed by atoms with Crippen LogP contribution in [0.2, 0.25) is 0 Å². The van der Waals surface area contributed by atoms with Crippen LogP contribution in [0.25, 0.3) is 16.5 Å². The van der Waals surface area contributed by atoms with Gasteiger partial charge in [-0.2, -0.15) is 22.6 Å². The van der Waals surface area contributed by atoms with Gasteiger partial charge in [0.1, 0.15) is 5.69 Å². The van der Waals surface area contributed by atoms with Gasteiger partial charge in [-0.1, -0.05) is 24.3 Å². The molecule has 1 aromatic heterocycles. The van der Waals surface area contributed by atoms with E-state index in [1.165, 1.54) is 30.3 Å². The van der Waals surface area contributed by atoms with Gasteiger partial charge in [-0.05, 0) is 36.4 Å². The molecule has 0 amide bonds. The van der Waals surface area contributed by atoms with Crippen LogP contribution in [-0.4, -0.2) is 59.8 Å². The average Bonchev–Trinajstić information content (AvgIpc) is 2.99. The maximum Gasteiger partial charge on any atom is 0.416 e. The Bertz CT molecular complexity index is 1920. The lowest BCUT2D eigenvalue weighted by molar-refractivity contribution is -0.384. The van der Waals surface area contributed by atoms with E-state index in [1.807, 2.05) is 0 Å². The predicted molar refractivity (Wildman–Crippen MR) is 150 cm³/mol. The van der Waals surface area contributed by atoms with Crippen LogP contribution in [0.1, 0.15) is 11.1 Å². The number of benzene rings is 3. The third-order valence-corrected chi connectivity index (χ3v) is 8.58. The van der Waals surface area contributed by atoms with Crippen molar-refractivity contribution in [1.29, 1.82) is 0 Å². The zero-order chi connectivity index (χ0) is 30.9. The van der Waals surface area contributed by atoms with E-state index in [9.17, 15) is 41.6 Å². The summed E-state index contributed by atoms with van der Waals surface area (Å²) < 4.78 is 73.0. The van der Waals surface area contributed by atoms with Crippen LogP contribution < -0.4 is 11.0 Å². The number of ether oxygens (including phenoxy) is 1. The molecule has 1 fully saturated rings. The summed E-state index contributed by atoms with van der Waals surface area (Å²) in [6.45, 7) is 0.581. The number of hydrogen-bond donors (Lipinski definition) is 2. The number of nitro groups is 1. The standard InChI is InChI=1S/C27H22F3N5O7S/c28-27(29,30)17-4-3-5-18(14-17)34-25(36)21-7-2-1-6-20(21)22(26(34)37)16-31-32-23-9-8-19(15-24(23)35(38)39)43(40,41)33-10-12-42-13-11-33/h1-9,14-16,32,37H,10-13H2. The highest BCUT2D eigenvalue weighted by Gasteiger charge is 2.31. The maximum atomic E-state index is 13.4. The molecule has 5 rings (SSSR count). The van der Waals surface area contributed by atoms with E-state index in [4.69, 9.17) is 4.74 Å². The van der Waals surface area contributed by atoms with Crippen LogP contribution in [0.15, 0.2) is 81.5 Å². The molecule has 2 N–H and O–H groups in total. The van der Waals surface area contributed by atoms with Gasteiger partial charge >= 0.3 is 6.18 Å². The topological polar surface area (TPSA) is 156 Å². The lowest BCUT2D eigenvalue weighted by Crippen LogP contribution is -2.40. The van der Waals surface area contributed by atoms with Crippen molar-refractivity contribution in [3.63, 3.8) is 0 Å². The molecule has 0 atom stereocenters. The number of aromatic hydroxyl groups is 1. The van der Waals surface area contributed by atoms with Crippen molar-refractivity contribution >= 4 is 38.4 Å². The third kappa shape index (κ3) is 5.79. The first kappa shape index (κ1) is 29.7. The van der Waals surface area contributed by atoms with E-state index in [2.05, 4.69) is 10.5 Å². The Hall–Kier alpha value is -4.80. The summed E-state index contributed by atoms with van der Waals surface area (Å²) in [6, 6.07) is 13.1. The summed E-state index contributed by atoms with van der Waals surface area (Å²) in [5, 5.41) is 27.1. The highest BCUT2D eigenvalue weighted by atomic mass is 32.2. The third-order valence-electron chi connectivity index (χ3n) is 6.69. The Balaban J connectivity index is 1.54. The second kappa shape index (κ2) is 11.5. The summed E-state index contributed by atoms with van der Waals surface area (Å²) in [7, 11) is -4.03. The number of morpholine rings is 1. The fraction of sp³-hybridized carbons (Fsp3) is 0.185. The van der Waals surface area contributed by atoms with Gasteiger partial charge in [-0.25, -0.2) is 13.0 Å². The van der Waals surface area contributed by atoms with E-state index in [1.54, 1.807) is 6.07 Å². The maximum absolute atomic E-state index is 13.4. The average molecular weight is 618 g/mol. The quantitative estimate of drug-likeness (QED) is 0.178. The molecule has 1 aliphatic rings. The second-order valence-corrected chi connectivity index (χ2v) is 11.2. The molecule has 3 aromatic carbocycles. The minimum atomic E-state index is -4.70. The highest BCUT2D eigenvalue weighted by Crippen LogP contribution is 2.33. The lowest BCUT2D eigenvalue weighted by Gasteiger charge is -2.26. The van der Waals surface area contributed by atoms with Gasteiger partial charge in [-0.15, -0.1) is 0 Å². The van der Waals surface area contributed by atoms with Crippen LogP contribution in [-0.2, 0) is 20.9 Å². The fourth-order valence-electron chi connectivity index (χ4n) is 4.57. The number of nitrogens with one attached hydrogen (secondary N) is 1. The van der Waals surface area contributed by atoms with Gasteiger partial charge in [0.2, 0.25) is 15.9 Å². The molecule has 2 heterocycles. The van der Waals surface area contributed by atoms with E-state index < -0.39 is 43.8 Å². The smallest absolute Gasteiger partial charge is 0.416 e. The molecule has 1 aliphatic heterocycles. The number of halogens is 3. The Morgan fingerprint density at radius 1 is 1.02 bits per heavy atom. The van der Waals surface area contributed by atoms with Gasteiger partial charge in [-0.3, -0.25) is 20.3 Å². The molecule has 12 nitrogen and oxygen atoms in total. The van der Waals surface area contributed by atoms with Crippen LogP contribution >= 0.6 is 0 Å². The zero-order valence-corrected chi connectivity index (χ0v) is 22.8. The molecule has 0 bridgehead atoms. The van der Waals surface area contributed by atoms with Crippen LogP contribution in [0.5, 0.6) is 5.88 Å².